The van der Waals surface area contributed by atoms with Gasteiger partial charge in [-0.3, -0.25) is 9.59 Å². The first kappa shape index (κ1) is 30.9. The predicted octanol–water partition coefficient (Wildman–Crippen LogP) is 8.35. The maximum atomic E-state index is 14.5. The number of hydrogen-bond donors (Lipinski definition) is 1. The number of ether oxygens (including phenoxy) is 1. The zero-order chi connectivity index (χ0) is 31.4. The van der Waals surface area contributed by atoms with Crippen molar-refractivity contribution in [3.05, 3.63) is 47.0 Å². The molecule has 1 aromatic rings. The Hall–Kier alpha value is -2.08. The van der Waals surface area contributed by atoms with Gasteiger partial charge in [0.2, 0.25) is 0 Å². The van der Waals surface area contributed by atoms with Crippen molar-refractivity contribution >= 4 is 11.8 Å². The molecule has 5 aliphatic carbocycles. The lowest BCUT2D eigenvalue weighted by molar-refractivity contribution is -0.202. The fourth-order valence-corrected chi connectivity index (χ4v) is 11.4. The Morgan fingerprint density at radius 1 is 0.907 bits per heavy atom. The Balaban J connectivity index is 1.32. The third kappa shape index (κ3) is 4.35. The number of rotatable bonds is 3. The Kier molecular flexibility index (Phi) is 6.98. The number of benzene rings is 1. The lowest BCUT2D eigenvalue weighted by Crippen LogP contribution is -2.66. The highest BCUT2D eigenvalue weighted by Gasteiger charge is 2.70. The molecule has 4 fully saturated rings. The van der Waals surface area contributed by atoms with Crippen LogP contribution in [0.2, 0.25) is 0 Å². The molecule has 0 unspecified atom stereocenters. The van der Waals surface area contributed by atoms with Crippen molar-refractivity contribution in [1.82, 2.24) is 0 Å². The van der Waals surface area contributed by atoms with Crippen LogP contribution in [-0.4, -0.2) is 23.0 Å². The second kappa shape index (κ2) is 9.71. The van der Waals surface area contributed by atoms with Crippen molar-refractivity contribution in [2.24, 2.45) is 50.2 Å². The summed E-state index contributed by atoms with van der Waals surface area (Å²) in [5.74, 6) is -1.20. The highest BCUT2D eigenvalue weighted by Crippen LogP contribution is 2.75. The normalized spacial score (nSPS) is 45.2. The molecule has 0 radical (unpaired) electrons. The minimum atomic E-state index is -0.747. The zero-order valence-corrected chi connectivity index (χ0v) is 27.1. The smallest absolute Gasteiger partial charge is 0.312 e. The second-order valence-corrected chi connectivity index (χ2v) is 17.0. The molecule has 43 heavy (non-hydrogen) atoms. The molecule has 0 aromatic heterocycles. The molecular weight excluding hydrogens is 546 g/mol. The van der Waals surface area contributed by atoms with Crippen LogP contribution >= 0.6 is 0 Å². The maximum absolute atomic E-state index is 14.5. The molecule has 0 amide bonds. The van der Waals surface area contributed by atoms with E-state index in [1.54, 1.807) is 0 Å². The predicted molar refractivity (Wildman–Crippen MR) is 162 cm³/mol. The maximum Gasteiger partial charge on any atom is 0.312 e. The number of ketones is 1. The van der Waals surface area contributed by atoms with Crippen molar-refractivity contribution in [2.75, 3.05) is 0 Å². The van der Waals surface area contributed by atoms with E-state index in [9.17, 15) is 23.5 Å². The SMILES string of the molecule is CC1(C)[C@@H](O)CC[C@]2(C)[C@H]3C(=O)C=C4[C@@H]5C[C@@](C)(C(=O)OCc6cc(F)cc(F)c6)CC[C@]5(C)CC[C@@]4(C)[C@]3(C)CC[C@@H]12. The van der Waals surface area contributed by atoms with Crippen molar-refractivity contribution < 1.29 is 28.2 Å². The van der Waals surface area contributed by atoms with Crippen LogP contribution in [0.5, 0.6) is 0 Å². The van der Waals surface area contributed by atoms with Gasteiger partial charge in [-0.25, -0.2) is 8.78 Å². The van der Waals surface area contributed by atoms with E-state index in [1.165, 1.54) is 17.7 Å². The minimum Gasteiger partial charge on any atom is -0.460 e. The van der Waals surface area contributed by atoms with Gasteiger partial charge in [-0.05, 0) is 127 Å². The largest absolute Gasteiger partial charge is 0.460 e. The van der Waals surface area contributed by atoms with Gasteiger partial charge in [0.15, 0.2) is 5.78 Å². The lowest BCUT2D eigenvalue weighted by atomic mass is 9.33. The van der Waals surface area contributed by atoms with E-state index >= 15 is 0 Å². The number of hydrogen-bond acceptors (Lipinski definition) is 4. The summed E-state index contributed by atoms with van der Waals surface area (Å²) in [6, 6.07) is 3.20. The van der Waals surface area contributed by atoms with Crippen LogP contribution in [0.1, 0.15) is 112 Å². The fraction of sp³-hybridized carbons (Fsp3) is 0.730. The van der Waals surface area contributed by atoms with Crippen molar-refractivity contribution in [3.63, 3.8) is 0 Å². The molecular formula is C37H50F2O4. The van der Waals surface area contributed by atoms with E-state index in [0.717, 1.165) is 51.0 Å². The summed E-state index contributed by atoms with van der Waals surface area (Å²) in [6.07, 6.45) is 9.48. The van der Waals surface area contributed by atoms with Gasteiger partial charge in [-0.15, -0.1) is 0 Å². The first-order chi connectivity index (χ1) is 19.9. The molecule has 1 aromatic carbocycles. The standard InChI is InChI=1S/C37H50F2O4/c1-32(2)28-8-11-37(7)30(35(28,5)10-9-29(32)41)27(40)19-25-26-20-34(4,13-12-33(26,3)14-15-36(25,37)6)31(42)43-21-22-16-23(38)18-24(39)17-22/h16-19,26,28-30,41H,8-15,20-21H2,1-7H3/t26-,28-,29-,30+,33+,34-,35-,36+,37+/m0/s1. The molecule has 9 atom stereocenters. The highest BCUT2D eigenvalue weighted by atomic mass is 19.1. The van der Waals surface area contributed by atoms with Gasteiger partial charge in [-0.1, -0.05) is 47.1 Å². The number of halogens is 2. The van der Waals surface area contributed by atoms with Crippen LogP contribution in [0, 0.1) is 61.9 Å². The van der Waals surface area contributed by atoms with Gasteiger partial charge in [0.25, 0.3) is 0 Å². The first-order valence-electron chi connectivity index (χ1n) is 16.5. The van der Waals surface area contributed by atoms with E-state index < -0.39 is 17.0 Å². The summed E-state index contributed by atoms with van der Waals surface area (Å²) in [5, 5.41) is 11.0. The molecule has 1 N–H and O–H groups in total. The quantitative estimate of drug-likeness (QED) is 0.356. The average Bonchev–Trinajstić information content (AvgIpc) is 2.91. The fourth-order valence-electron chi connectivity index (χ4n) is 11.4. The Labute approximate surface area is 256 Å². The van der Waals surface area contributed by atoms with Crippen molar-refractivity contribution in [1.29, 1.82) is 0 Å². The number of allylic oxidation sites excluding steroid dienone is 2. The topological polar surface area (TPSA) is 63.6 Å². The summed E-state index contributed by atoms with van der Waals surface area (Å²) in [6.45, 7) is 15.6. The van der Waals surface area contributed by atoms with E-state index in [4.69, 9.17) is 4.74 Å². The lowest BCUT2D eigenvalue weighted by Gasteiger charge is -2.70. The van der Waals surface area contributed by atoms with Crippen LogP contribution < -0.4 is 0 Å². The summed E-state index contributed by atoms with van der Waals surface area (Å²) in [7, 11) is 0. The third-order valence-corrected chi connectivity index (χ3v) is 14.3. The van der Waals surface area contributed by atoms with Crippen molar-refractivity contribution in [3.8, 4) is 0 Å². The van der Waals surface area contributed by atoms with Gasteiger partial charge in [0.1, 0.15) is 18.2 Å². The van der Waals surface area contributed by atoms with E-state index in [-0.39, 0.29) is 69.3 Å². The van der Waals surface area contributed by atoms with Crippen LogP contribution in [0.4, 0.5) is 8.78 Å². The van der Waals surface area contributed by atoms with E-state index in [2.05, 4.69) is 41.5 Å². The minimum absolute atomic E-state index is 0.00165. The van der Waals surface area contributed by atoms with Gasteiger partial charge >= 0.3 is 5.97 Å². The summed E-state index contributed by atoms with van der Waals surface area (Å²) >= 11 is 0. The summed E-state index contributed by atoms with van der Waals surface area (Å²) < 4.78 is 33.2. The molecule has 236 valence electrons. The molecule has 5 aliphatic rings. The number of aliphatic hydroxyl groups is 1. The second-order valence-electron chi connectivity index (χ2n) is 17.0. The Morgan fingerprint density at radius 3 is 2.23 bits per heavy atom. The Bertz CT molecular complexity index is 1360. The van der Waals surface area contributed by atoms with Gasteiger partial charge in [-0.2, -0.15) is 0 Å². The van der Waals surface area contributed by atoms with Gasteiger partial charge < -0.3 is 9.84 Å². The number of carbonyl (C=O) groups is 2. The van der Waals surface area contributed by atoms with Crippen LogP contribution in [0.3, 0.4) is 0 Å². The van der Waals surface area contributed by atoms with Gasteiger partial charge in [0.05, 0.1) is 11.5 Å². The Morgan fingerprint density at radius 2 is 1.56 bits per heavy atom. The molecule has 6 rings (SSSR count). The molecule has 0 heterocycles. The molecule has 0 aliphatic heterocycles. The number of carbonyl (C=O) groups excluding carboxylic acids is 2. The zero-order valence-electron chi connectivity index (χ0n) is 27.1. The third-order valence-electron chi connectivity index (χ3n) is 14.3. The summed E-state index contributed by atoms with van der Waals surface area (Å²) in [4.78, 5) is 28.1. The highest BCUT2D eigenvalue weighted by molar-refractivity contribution is 5.95. The van der Waals surface area contributed by atoms with Crippen LogP contribution in [-0.2, 0) is 20.9 Å². The number of fused-ring (bicyclic) bond motifs is 7. The first-order valence-corrected chi connectivity index (χ1v) is 16.5. The molecule has 0 spiro atoms. The molecule has 0 saturated heterocycles. The molecule has 4 nitrogen and oxygen atoms in total. The van der Waals surface area contributed by atoms with Crippen LogP contribution in [0.25, 0.3) is 0 Å². The molecule has 0 bridgehead atoms. The van der Waals surface area contributed by atoms with E-state index in [0.29, 0.717) is 18.4 Å². The average molecular weight is 597 g/mol. The van der Waals surface area contributed by atoms with E-state index in [1.807, 2.05) is 13.0 Å². The van der Waals surface area contributed by atoms with Crippen molar-refractivity contribution in [2.45, 2.75) is 119 Å². The molecule has 6 heteroatoms. The summed E-state index contributed by atoms with van der Waals surface area (Å²) in [5.41, 5.74) is 0.0186. The number of aliphatic hydroxyl groups excluding tert-OH is 1. The monoisotopic (exact) mass is 596 g/mol. The van der Waals surface area contributed by atoms with Gasteiger partial charge in [0, 0.05) is 12.0 Å². The van der Waals surface area contributed by atoms with Crippen LogP contribution in [0.15, 0.2) is 29.8 Å². The molecule has 4 saturated carbocycles. The number of esters is 1.